The number of aryl methyl sites for hydroxylation is 1. The molecule has 27 heavy (non-hydrogen) atoms. The van der Waals surface area contributed by atoms with Crippen LogP contribution in [0, 0.1) is 6.92 Å². The summed E-state index contributed by atoms with van der Waals surface area (Å²) in [6.45, 7) is 5.87. The van der Waals surface area contributed by atoms with Crippen molar-refractivity contribution in [1.29, 1.82) is 0 Å². The second-order valence-electron chi connectivity index (χ2n) is 5.78. The first-order valence-electron chi connectivity index (χ1n) is 8.65. The van der Waals surface area contributed by atoms with Crippen LogP contribution in [-0.4, -0.2) is 31.9 Å². The van der Waals surface area contributed by atoms with Crippen molar-refractivity contribution in [1.82, 2.24) is 0 Å². The minimum Gasteiger partial charge on any atom is -0.484 e. The Hall–Kier alpha value is -2.74. The minimum absolute atomic E-state index is 0.174. The van der Waals surface area contributed by atoms with Gasteiger partial charge in [-0.05, 0) is 38.0 Å². The van der Waals surface area contributed by atoms with E-state index in [4.69, 9.17) is 18.9 Å². The number of ether oxygens (including phenoxy) is 4. The summed E-state index contributed by atoms with van der Waals surface area (Å²) in [5.41, 5.74) is 1.25. The van der Waals surface area contributed by atoms with Crippen molar-refractivity contribution in [2.45, 2.75) is 27.2 Å². The lowest BCUT2D eigenvalue weighted by Crippen LogP contribution is -2.21. The highest BCUT2D eigenvalue weighted by molar-refractivity contribution is 7.17. The van der Waals surface area contributed by atoms with Gasteiger partial charge in [0, 0.05) is 10.9 Å². The Morgan fingerprint density at radius 3 is 2.74 bits per heavy atom. The number of fused-ring (bicyclic) bond motifs is 1. The summed E-state index contributed by atoms with van der Waals surface area (Å²) in [5.74, 6) is 0.933. The first-order valence-corrected chi connectivity index (χ1v) is 9.46. The van der Waals surface area contributed by atoms with Crippen LogP contribution in [0.15, 0.2) is 18.2 Å². The van der Waals surface area contributed by atoms with Crippen molar-refractivity contribution in [3.63, 3.8) is 0 Å². The van der Waals surface area contributed by atoms with Crippen molar-refractivity contribution >= 4 is 28.2 Å². The molecule has 1 amide bonds. The molecule has 1 aromatic heterocycles. The largest absolute Gasteiger partial charge is 0.484 e. The molecule has 0 spiro atoms. The van der Waals surface area contributed by atoms with Gasteiger partial charge in [-0.2, -0.15) is 0 Å². The van der Waals surface area contributed by atoms with Gasteiger partial charge >= 0.3 is 5.97 Å². The number of nitrogens with one attached hydrogen (secondary N) is 1. The van der Waals surface area contributed by atoms with E-state index in [0.717, 1.165) is 16.9 Å². The Kier molecular flexibility index (Phi) is 5.85. The van der Waals surface area contributed by atoms with Crippen molar-refractivity contribution in [2.24, 2.45) is 0 Å². The molecule has 144 valence electrons. The van der Waals surface area contributed by atoms with Crippen molar-refractivity contribution in [3.8, 4) is 17.2 Å². The minimum atomic E-state index is -0.432. The molecule has 1 N–H and O–H groups in total. The van der Waals surface area contributed by atoms with Crippen LogP contribution in [0.3, 0.4) is 0 Å². The number of benzene rings is 1. The molecule has 8 heteroatoms. The van der Waals surface area contributed by atoms with Crippen LogP contribution < -0.4 is 19.5 Å². The van der Waals surface area contributed by atoms with Gasteiger partial charge < -0.3 is 24.3 Å². The summed E-state index contributed by atoms with van der Waals surface area (Å²) in [6, 6.07) is 5.10. The molecule has 1 aliphatic heterocycles. The van der Waals surface area contributed by atoms with E-state index in [1.54, 1.807) is 25.1 Å². The lowest BCUT2D eigenvalue weighted by atomic mass is 10.1. The number of carbonyl (C=O) groups is 2. The van der Waals surface area contributed by atoms with Gasteiger partial charge in [-0.25, -0.2) is 4.79 Å². The Bertz CT molecular complexity index is 860. The summed E-state index contributed by atoms with van der Waals surface area (Å²) in [7, 11) is 0. The average molecular weight is 391 g/mol. The maximum absolute atomic E-state index is 12.3. The zero-order valence-electron chi connectivity index (χ0n) is 15.4. The molecule has 1 aromatic carbocycles. The summed E-state index contributed by atoms with van der Waals surface area (Å²) in [5, 5.41) is 3.25. The quantitative estimate of drug-likeness (QED) is 0.727. The van der Waals surface area contributed by atoms with Gasteiger partial charge in [-0.15, -0.1) is 11.3 Å². The second-order valence-corrected chi connectivity index (χ2v) is 6.89. The number of esters is 1. The van der Waals surface area contributed by atoms with Gasteiger partial charge in [-0.1, -0.05) is 6.92 Å². The van der Waals surface area contributed by atoms with Crippen molar-refractivity contribution < 1.29 is 28.5 Å². The molecule has 3 rings (SSSR count). The van der Waals surface area contributed by atoms with Crippen LogP contribution in [0.1, 0.15) is 34.6 Å². The number of rotatable bonds is 7. The van der Waals surface area contributed by atoms with E-state index >= 15 is 0 Å². The molecule has 2 heterocycles. The van der Waals surface area contributed by atoms with Gasteiger partial charge in [0.25, 0.3) is 5.91 Å². The summed E-state index contributed by atoms with van der Waals surface area (Å²) in [6.07, 6.45) is 0.770. The predicted octanol–water partition coefficient (Wildman–Crippen LogP) is 3.54. The lowest BCUT2D eigenvalue weighted by Gasteiger charge is -2.09. The van der Waals surface area contributed by atoms with Crippen molar-refractivity contribution in [3.05, 3.63) is 34.2 Å². The van der Waals surface area contributed by atoms with E-state index in [9.17, 15) is 9.59 Å². The molecule has 0 atom stereocenters. The monoisotopic (exact) mass is 391 g/mol. The van der Waals surface area contributed by atoms with Crippen molar-refractivity contribution in [2.75, 3.05) is 25.3 Å². The summed E-state index contributed by atoms with van der Waals surface area (Å²) < 4.78 is 21.2. The number of hydrogen-bond acceptors (Lipinski definition) is 7. The summed E-state index contributed by atoms with van der Waals surface area (Å²) >= 11 is 1.38. The molecule has 7 nitrogen and oxygen atoms in total. The molecule has 0 saturated carbocycles. The number of hydrogen-bond donors (Lipinski definition) is 1. The third-order valence-electron chi connectivity index (χ3n) is 4.01. The smallest absolute Gasteiger partial charge is 0.341 e. The van der Waals surface area contributed by atoms with E-state index in [0.29, 0.717) is 27.8 Å². The highest BCUT2D eigenvalue weighted by Crippen LogP contribution is 2.36. The van der Waals surface area contributed by atoms with Gasteiger partial charge in [0.05, 0.1) is 12.2 Å². The fraction of sp³-hybridized carbons (Fsp3) is 0.368. The molecular weight excluding hydrogens is 370 g/mol. The average Bonchev–Trinajstić information content (AvgIpc) is 3.23. The maximum atomic E-state index is 12.3. The standard InChI is InChI=1S/C19H21NO6S/c1-4-15-11(3)17(19(22)23-5-2)18(27-15)20-16(21)9-24-12-6-7-13-14(8-12)26-10-25-13/h6-8H,4-5,9-10H2,1-3H3,(H,20,21). The van der Waals surface area contributed by atoms with Gasteiger partial charge in [0.1, 0.15) is 10.8 Å². The molecule has 0 bridgehead atoms. The van der Waals surface area contributed by atoms with Crippen LogP contribution in [0.4, 0.5) is 5.00 Å². The molecule has 0 fully saturated rings. The van der Waals surface area contributed by atoms with Gasteiger partial charge in [0.2, 0.25) is 6.79 Å². The molecule has 0 radical (unpaired) electrons. The first kappa shape index (κ1) is 19.0. The normalized spacial score (nSPS) is 12.0. The van der Waals surface area contributed by atoms with Crippen LogP contribution >= 0.6 is 11.3 Å². The maximum Gasteiger partial charge on any atom is 0.341 e. The van der Waals surface area contributed by atoms with Crippen LogP contribution in [0.2, 0.25) is 0 Å². The number of anilines is 1. The molecule has 0 unspecified atom stereocenters. The third-order valence-corrected chi connectivity index (χ3v) is 5.36. The number of carbonyl (C=O) groups excluding carboxylic acids is 2. The van der Waals surface area contributed by atoms with Gasteiger partial charge in [-0.3, -0.25) is 4.79 Å². The van der Waals surface area contributed by atoms with E-state index in [-0.39, 0.29) is 25.9 Å². The van der Waals surface area contributed by atoms with Crippen LogP contribution in [0.5, 0.6) is 17.2 Å². The Labute approximate surface area is 161 Å². The molecule has 1 aliphatic rings. The molecule has 2 aromatic rings. The lowest BCUT2D eigenvalue weighted by molar-refractivity contribution is -0.118. The topological polar surface area (TPSA) is 83.1 Å². The Balaban J connectivity index is 1.67. The molecule has 0 aliphatic carbocycles. The van der Waals surface area contributed by atoms with Crippen LogP contribution in [0.25, 0.3) is 0 Å². The fourth-order valence-corrected chi connectivity index (χ4v) is 3.86. The Morgan fingerprint density at radius 1 is 1.22 bits per heavy atom. The van der Waals surface area contributed by atoms with E-state index in [1.807, 2.05) is 13.8 Å². The molecule has 0 saturated heterocycles. The Morgan fingerprint density at radius 2 is 2.00 bits per heavy atom. The van der Waals surface area contributed by atoms with E-state index in [1.165, 1.54) is 11.3 Å². The highest BCUT2D eigenvalue weighted by Gasteiger charge is 2.23. The number of thiophene rings is 1. The van der Waals surface area contributed by atoms with E-state index < -0.39 is 5.97 Å². The fourth-order valence-electron chi connectivity index (χ4n) is 2.71. The zero-order valence-corrected chi connectivity index (χ0v) is 16.2. The van der Waals surface area contributed by atoms with Crippen LogP contribution in [-0.2, 0) is 16.0 Å². The first-order chi connectivity index (χ1) is 13.0. The zero-order chi connectivity index (χ0) is 19.4. The SMILES string of the molecule is CCOC(=O)c1c(NC(=O)COc2ccc3c(c2)OCO3)sc(CC)c1C. The molecular formula is C19H21NO6S. The highest BCUT2D eigenvalue weighted by atomic mass is 32.1. The predicted molar refractivity (Wildman–Crippen MR) is 101 cm³/mol. The van der Waals surface area contributed by atoms with Gasteiger partial charge in [0.15, 0.2) is 18.1 Å². The third kappa shape index (κ3) is 4.16. The number of amides is 1. The summed E-state index contributed by atoms with van der Waals surface area (Å²) in [4.78, 5) is 25.6. The van der Waals surface area contributed by atoms with E-state index in [2.05, 4.69) is 5.32 Å². The second kappa shape index (κ2) is 8.30.